The lowest BCUT2D eigenvalue weighted by molar-refractivity contribution is 0.102. The van der Waals surface area contributed by atoms with Crippen molar-refractivity contribution in [1.82, 2.24) is 15.0 Å². The van der Waals surface area contributed by atoms with Gasteiger partial charge in [-0.2, -0.15) is 0 Å². The number of aromatic nitrogens is 3. The molecule has 0 unspecified atom stereocenters. The van der Waals surface area contributed by atoms with Crippen molar-refractivity contribution in [2.24, 2.45) is 0 Å². The lowest BCUT2D eigenvalue weighted by Gasteiger charge is -2.19. The van der Waals surface area contributed by atoms with Crippen LogP contribution in [0.15, 0.2) is 54.9 Å². The summed E-state index contributed by atoms with van der Waals surface area (Å²) in [6, 6.07) is 12.9. The molecular weight excluding hydrogens is 378 g/mol. The summed E-state index contributed by atoms with van der Waals surface area (Å²) in [6.45, 7) is 7.26. The van der Waals surface area contributed by atoms with Crippen LogP contribution in [0.4, 0.5) is 11.5 Å². The quantitative estimate of drug-likeness (QED) is 0.613. The molecule has 156 valence electrons. The Hall–Kier alpha value is -3.32. The van der Waals surface area contributed by atoms with Gasteiger partial charge in [-0.3, -0.25) is 9.78 Å². The van der Waals surface area contributed by atoms with E-state index in [1.54, 1.807) is 31.6 Å². The van der Waals surface area contributed by atoms with Gasteiger partial charge in [-0.25, -0.2) is 9.97 Å². The second-order valence-corrected chi connectivity index (χ2v) is 7.99. The molecule has 3 rings (SSSR count). The number of nitrogens with one attached hydrogen (secondary N) is 2. The Morgan fingerprint density at radius 1 is 1.03 bits per heavy atom. The van der Waals surface area contributed by atoms with Crippen LogP contribution in [0.3, 0.4) is 0 Å². The zero-order chi connectivity index (χ0) is 21.6. The van der Waals surface area contributed by atoms with Gasteiger partial charge in [-0.1, -0.05) is 32.9 Å². The van der Waals surface area contributed by atoms with Crippen molar-refractivity contribution in [3.05, 3.63) is 77.5 Å². The number of rotatable bonds is 7. The van der Waals surface area contributed by atoms with Crippen molar-refractivity contribution < 1.29 is 9.53 Å². The zero-order valence-corrected chi connectivity index (χ0v) is 17.8. The summed E-state index contributed by atoms with van der Waals surface area (Å²) in [5.74, 6) is 1.36. The van der Waals surface area contributed by atoms with E-state index in [1.165, 1.54) is 0 Å². The molecule has 1 aromatic carbocycles. The minimum atomic E-state index is -0.163. The molecule has 7 heteroatoms. The Morgan fingerprint density at radius 3 is 2.37 bits per heavy atom. The SMILES string of the molecule is COCc1cc(NCc2ccc(C(=O)Nc3ccncc3)cc2)nc(C(C)(C)C)n1. The molecule has 0 saturated heterocycles. The van der Waals surface area contributed by atoms with Gasteiger partial charge >= 0.3 is 0 Å². The van der Waals surface area contributed by atoms with E-state index in [-0.39, 0.29) is 11.3 Å². The number of ether oxygens (including phenoxy) is 1. The summed E-state index contributed by atoms with van der Waals surface area (Å²) in [4.78, 5) is 25.5. The summed E-state index contributed by atoms with van der Waals surface area (Å²) >= 11 is 0. The summed E-state index contributed by atoms with van der Waals surface area (Å²) < 4.78 is 5.23. The molecule has 1 amide bonds. The Labute approximate surface area is 176 Å². The summed E-state index contributed by atoms with van der Waals surface area (Å²) in [5.41, 5.74) is 3.02. The Balaban J connectivity index is 1.66. The van der Waals surface area contributed by atoms with Crippen molar-refractivity contribution in [2.45, 2.75) is 39.3 Å². The first-order chi connectivity index (χ1) is 14.3. The molecule has 30 heavy (non-hydrogen) atoms. The number of carbonyl (C=O) groups is 1. The fraction of sp³-hybridized carbons (Fsp3) is 0.304. The van der Waals surface area contributed by atoms with Crippen LogP contribution in [0, 0.1) is 0 Å². The molecule has 2 N–H and O–H groups in total. The molecule has 7 nitrogen and oxygen atoms in total. The molecule has 0 spiro atoms. The normalized spacial score (nSPS) is 11.2. The second-order valence-electron chi connectivity index (χ2n) is 7.99. The van der Waals surface area contributed by atoms with Crippen LogP contribution >= 0.6 is 0 Å². The lowest BCUT2D eigenvalue weighted by atomic mass is 9.95. The highest BCUT2D eigenvalue weighted by Gasteiger charge is 2.19. The average Bonchev–Trinajstić information content (AvgIpc) is 2.73. The molecule has 0 aliphatic heterocycles. The van der Waals surface area contributed by atoms with Crippen LogP contribution in [-0.4, -0.2) is 28.0 Å². The van der Waals surface area contributed by atoms with Crippen molar-refractivity contribution in [2.75, 3.05) is 17.7 Å². The minimum Gasteiger partial charge on any atom is -0.378 e. The van der Waals surface area contributed by atoms with E-state index in [2.05, 4.69) is 46.4 Å². The number of nitrogens with zero attached hydrogens (tertiary/aromatic N) is 3. The molecule has 2 aromatic heterocycles. The third kappa shape index (κ3) is 5.84. The first kappa shape index (κ1) is 21.4. The summed E-state index contributed by atoms with van der Waals surface area (Å²) in [5, 5.41) is 6.20. The third-order valence-corrected chi connectivity index (χ3v) is 4.37. The number of benzene rings is 1. The van der Waals surface area contributed by atoms with Gasteiger partial charge in [0.05, 0.1) is 12.3 Å². The number of carbonyl (C=O) groups excluding carboxylic acids is 1. The van der Waals surface area contributed by atoms with Crippen LogP contribution in [0.2, 0.25) is 0 Å². The molecule has 0 bridgehead atoms. The highest BCUT2D eigenvalue weighted by molar-refractivity contribution is 6.04. The molecule has 0 aliphatic rings. The number of anilines is 2. The zero-order valence-electron chi connectivity index (χ0n) is 17.8. The minimum absolute atomic E-state index is 0.157. The molecular formula is C23H27N5O2. The van der Waals surface area contributed by atoms with E-state index in [0.29, 0.717) is 24.4 Å². The number of pyridine rings is 1. The van der Waals surface area contributed by atoms with Crippen LogP contribution < -0.4 is 10.6 Å². The largest absolute Gasteiger partial charge is 0.378 e. The molecule has 0 fully saturated rings. The first-order valence-electron chi connectivity index (χ1n) is 9.77. The molecule has 0 aliphatic carbocycles. The van der Waals surface area contributed by atoms with Gasteiger partial charge in [0.2, 0.25) is 0 Å². The Kier molecular flexibility index (Phi) is 6.74. The standard InChI is InChI=1S/C23H27N5O2/c1-23(2,3)22-27-19(15-30-4)13-20(28-22)25-14-16-5-7-17(8-6-16)21(29)26-18-9-11-24-12-10-18/h5-13H,14-15H2,1-4H3,(H,24,26,29)(H,25,27,28). The smallest absolute Gasteiger partial charge is 0.255 e. The number of amides is 1. The predicted molar refractivity (Wildman–Crippen MR) is 117 cm³/mol. The van der Waals surface area contributed by atoms with Gasteiger partial charge in [0.25, 0.3) is 5.91 Å². The van der Waals surface area contributed by atoms with E-state index in [4.69, 9.17) is 4.74 Å². The predicted octanol–water partition coefficient (Wildman–Crippen LogP) is 4.18. The van der Waals surface area contributed by atoms with Crippen LogP contribution in [-0.2, 0) is 23.3 Å². The summed E-state index contributed by atoms with van der Waals surface area (Å²) in [7, 11) is 1.65. The fourth-order valence-electron chi connectivity index (χ4n) is 2.75. The van der Waals surface area contributed by atoms with Crippen molar-refractivity contribution in [1.29, 1.82) is 0 Å². The number of hydrogen-bond acceptors (Lipinski definition) is 6. The Bertz CT molecular complexity index is 983. The van der Waals surface area contributed by atoms with E-state index >= 15 is 0 Å². The molecule has 0 atom stereocenters. The molecule has 2 heterocycles. The van der Waals surface area contributed by atoms with Crippen LogP contribution in [0.5, 0.6) is 0 Å². The van der Waals surface area contributed by atoms with Gasteiger partial charge in [0.15, 0.2) is 0 Å². The number of methoxy groups -OCH3 is 1. The second kappa shape index (κ2) is 9.45. The van der Waals surface area contributed by atoms with Gasteiger partial charge in [0, 0.05) is 48.8 Å². The highest BCUT2D eigenvalue weighted by atomic mass is 16.5. The van der Waals surface area contributed by atoms with E-state index in [1.807, 2.05) is 30.3 Å². The first-order valence-corrected chi connectivity index (χ1v) is 9.77. The molecule has 3 aromatic rings. The Morgan fingerprint density at radius 2 is 1.73 bits per heavy atom. The van der Waals surface area contributed by atoms with Crippen LogP contribution in [0.25, 0.3) is 0 Å². The van der Waals surface area contributed by atoms with Gasteiger partial charge in [0.1, 0.15) is 11.6 Å². The monoisotopic (exact) mass is 405 g/mol. The van der Waals surface area contributed by atoms with Crippen LogP contribution in [0.1, 0.15) is 48.2 Å². The molecule has 0 saturated carbocycles. The fourth-order valence-corrected chi connectivity index (χ4v) is 2.75. The van der Waals surface area contributed by atoms with E-state index < -0.39 is 0 Å². The maximum absolute atomic E-state index is 12.4. The van der Waals surface area contributed by atoms with Gasteiger partial charge in [-0.05, 0) is 29.8 Å². The number of hydrogen-bond donors (Lipinski definition) is 2. The highest BCUT2D eigenvalue weighted by Crippen LogP contribution is 2.21. The topological polar surface area (TPSA) is 89.0 Å². The third-order valence-electron chi connectivity index (χ3n) is 4.37. The van der Waals surface area contributed by atoms with E-state index in [0.717, 1.165) is 22.9 Å². The van der Waals surface area contributed by atoms with Crippen molar-refractivity contribution in [3.63, 3.8) is 0 Å². The van der Waals surface area contributed by atoms with E-state index in [9.17, 15) is 4.79 Å². The van der Waals surface area contributed by atoms with Gasteiger partial charge < -0.3 is 15.4 Å². The lowest BCUT2D eigenvalue weighted by Crippen LogP contribution is -2.18. The summed E-state index contributed by atoms with van der Waals surface area (Å²) in [6.07, 6.45) is 3.28. The molecule has 0 radical (unpaired) electrons. The van der Waals surface area contributed by atoms with Crippen molar-refractivity contribution in [3.8, 4) is 0 Å². The maximum atomic E-state index is 12.4. The maximum Gasteiger partial charge on any atom is 0.255 e. The van der Waals surface area contributed by atoms with Crippen molar-refractivity contribution >= 4 is 17.4 Å². The average molecular weight is 406 g/mol. The van der Waals surface area contributed by atoms with Gasteiger partial charge in [-0.15, -0.1) is 0 Å².